The van der Waals surface area contributed by atoms with Crippen molar-refractivity contribution in [2.75, 3.05) is 13.2 Å². The Hall–Kier alpha value is -3.23. The molecular formula is C27H25BrN2O4S. The highest BCUT2D eigenvalue weighted by molar-refractivity contribution is 9.10. The van der Waals surface area contributed by atoms with Gasteiger partial charge in [0.2, 0.25) is 0 Å². The quantitative estimate of drug-likeness (QED) is 0.321. The predicted molar refractivity (Wildman–Crippen MR) is 141 cm³/mol. The Morgan fingerprint density at radius 1 is 1.23 bits per heavy atom. The molecule has 0 saturated heterocycles. The number of aryl methyl sites for hydroxylation is 1. The van der Waals surface area contributed by atoms with Gasteiger partial charge in [0.15, 0.2) is 4.80 Å². The molecule has 0 fully saturated rings. The standard InChI is InChI=1S/C27H25BrN2O4S/c1-5-13-34-21-12-11-20(28)14-19(21)15-22-25(31)30-24(18-9-7-16(3)8-10-18)23(26(32)33-6-2)17(4)29-27(30)35-22/h5,7-12,14-15,24H,1,6,13H2,2-4H3/b22-15-/t24-/m1/s1. The number of thiazole rings is 1. The van der Waals surface area contributed by atoms with Gasteiger partial charge in [-0.15, -0.1) is 0 Å². The molecule has 4 rings (SSSR count). The van der Waals surface area contributed by atoms with Crippen LogP contribution in [0.3, 0.4) is 0 Å². The van der Waals surface area contributed by atoms with E-state index >= 15 is 0 Å². The van der Waals surface area contributed by atoms with Gasteiger partial charge in [-0.05, 0) is 50.6 Å². The average molecular weight is 553 g/mol. The Morgan fingerprint density at radius 3 is 2.66 bits per heavy atom. The molecule has 1 aliphatic heterocycles. The van der Waals surface area contributed by atoms with E-state index in [9.17, 15) is 9.59 Å². The lowest BCUT2D eigenvalue weighted by Gasteiger charge is -2.24. The second kappa shape index (κ2) is 10.6. The summed E-state index contributed by atoms with van der Waals surface area (Å²) in [5, 5.41) is 0. The number of hydrogen-bond acceptors (Lipinski definition) is 6. The summed E-state index contributed by atoms with van der Waals surface area (Å²) in [5.74, 6) is 0.165. The van der Waals surface area contributed by atoms with E-state index in [1.807, 2.05) is 49.4 Å². The van der Waals surface area contributed by atoms with Crippen molar-refractivity contribution in [1.82, 2.24) is 4.57 Å². The molecule has 0 aliphatic carbocycles. The van der Waals surface area contributed by atoms with Crippen LogP contribution in [0.5, 0.6) is 5.75 Å². The summed E-state index contributed by atoms with van der Waals surface area (Å²) < 4.78 is 14.1. The Kier molecular flexibility index (Phi) is 7.52. The van der Waals surface area contributed by atoms with Gasteiger partial charge in [-0.1, -0.05) is 69.8 Å². The molecule has 0 unspecified atom stereocenters. The lowest BCUT2D eigenvalue weighted by molar-refractivity contribution is -0.139. The largest absolute Gasteiger partial charge is 0.489 e. The van der Waals surface area contributed by atoms with E-state index in [-0.39, 0.29) is 12.2 Å². The highest BCUT2D eigenvalue weighted by Crippen LogP contribution is 2.31. The van der Waals surface area contributed by atoms with E-state index in [0.717, 1.165) is 21.2 Å². The number of ether oxygens (including phenoxy) is 2. The van der Waals surface area contributed by atoms with Gasteiger partial charge < -0.3 is 9.47 Å². The van der Waals surface area contributed by atoms with Gasteiger partial charge in [0.25, 0.3) is 5.56 Å². The number of nitrogens with zero attached hydrogens (tertiary/aromatic N) is 2. The topological polar surface area (TPSA) is 69.9 Å². The molecule has 1 atom stereocenters. The molecule has 2 heterocycles. The van der Waals surface area contributed by atoms with Gasteiger partial charge in [-0.25, -0.2) is 9.79 Å². The summed E-state index contributed by atoms with van der Waals surface area (Å²) in [5.41, 5.74) is 3.33. The minimum atomic E-state index is -0.632. The zero-order valence-corrected chi connectivity index (χ0v) is 22.1. The van der Waals surface area contributed by atoms with E-state index in [0.29, 0.717) is 33.0 Å². The highest BCUT2D eigenvalue weighted by atomic mass is 79.9. The van der Waals surface area contributed by atoms with E-state index in [4.69, 9.17) is 9.47 Å². The molecule has 0 N–H and O–H groups in total. The lowest BCUT2D eigenvalue weighted by atomic mass is 9.95. The summed E-state index contributed by atoms with van der Waals surface area (Å²) in [7, 11) is 0. The number of rotatable bonds is 7. The van der Waals surface area contributed by atoms with Gasteiger partial charge in [-0.3, -0.25) is 9.36 Å². The van der Waals surface area contributed by atoms with Crippen LogP contribution in [-0.4, -0.2) is 23.8 Å². The number of fused-ring (bicyclic) bond motifs is 1. The number of esters is 1. The van der Waals surface area contributed by atoms with Crippen molar-refractivity contribution in [1.29, 1.82) is 0 Å². The zero-order chi connectivity index (χ0) is 25.1. The number of halogens is 1. The number of carbonyl (C=O) groups is 1. The van der Waals surface area contributed by atoms with Crippen LogP contribution in [0, 0.1) is 6.92 Å². The summed E-state index contributed by atoms with van der Waals surface area (Å²) in [6.45, 7) is 9.81. The monoisotopic (exact) mass is 552 g/mol. The molecule has 180 valence electrons. The molecule has 3 aromatic rings. The molecule has 1 aromatic heterocycles. The Morgan fingerprint density at radius 2 is 1.97 bits per heavy atom. The van der Waals surface area contributed by atoms with Gasteiger partial charge >= 0.3 is 5.97 Å². The molecular weight excluding hydrogens is 528 g/mol. The first-order chi connectivity index (χ1) is 16.8. The normalized spacial score (nSPS) is 15.4. The summed E-state index contributed by atoms with van der Waals surface area (Å²) in [4.78, 5) is 31.9. The first-order valence-electron chi connectivity index (χ1n) is 11.1. The summed E-state index contributed by atoms with van der Waals surface area (Å²) in [6.07, 6.45) is 3.46. The Labute approximate surface area is 215 Å². The second-order valence-corrected chi connectivity index (χ2v) is 9.92. The van der Waals surface area contributed by atoms with Gasteiger partial charge in [0.05, 0.1) is 28.5 Å². The van der Waals surface area contributed by atoms with Crippen molar-refractivity contribution in [2.45, 2.75) is 26.8 Å². The molecule has 0 radical (unpaired) electrons. The molecule has 8 heteroatoms. The van der Waals surface area contributed by atoms with Gasteiger partial charge in [0.1, 0.15) is 12.4 Å². The van der Waals surface area contributed by atoms with Crippen molar-refractivity contribution in [2.24, 2.45) is 4.99 Å². The molecule has 1 aliphatic rings. The van der Waals surface area contributed by atoms with Crippen LogP contribution in [0.1, 0.15) is 36.6 Å². The fourth-order valence-electron chi connectivity index (χ4n) is 3.91. The number of carbonyl (C=O) groups excluding carboxylic acids is 1. The van der Waals surface area contributed by atoms with Crippen LogP contribution in [0.4, 0.5) is 0 Å². The predicted octanol–water partition coefficient (Wildman–Crippen LogP) is 4.43. The van der Waals surface area contributed by atoms with Crippen molar-refractivity contribution in [3.8, 4) is 5.75 Å². The van der Waals surface area contributed by atoms with Crippen molar-refractivity contribution in [3.63, 3.8) is 0 Å². The number of hydrogen-bond donors (Lipinski definition) is 0. The fourth-order valence-corrected chi connectivity index (χ4v) is 5.33. The highest BCUT2D eigenvalue weighted by Gasteiger charge is 2.33. The molecule has 0 saturated carbocycles. The molecule has 0 amide bonds. The first kappa shape index (κ1) is 24.9. The molecule has 6 nitrogen and oxygen atoms in total. The fraction of sp³-hybridized carbons (Fsp3) is 0.222. The van der Waals surface area contributed by atoms with Crippen LogP contribution in [0.15, 0.2) is 80.6 Å². The zero-order valence-electron chi connectivity index (χ0n) is 19.7. The van der Waals surface area contributed by atoms with Crippen molar-refractivity contribution < 1.29 is 14.3 Å². The third kappa shape index (κ3) is 5.09. The van der Waals surface area contributed by atoms with Crippen molar-refractivity contribution >= 4 is 39.3 Å². The third-order valence-corrected chi connectivity index (χ3v) is 7.00. The van der Waals surface area contributed by atoms with Crippen molar-refractivity contribution in [3.05, 3.63) is 107 Å². The molecule has 0 spiro atoms. The van der Waals surface area contributed by atoms with Gasteiger partial charge in [0, 0.05) is 10.0 Å². The smallest absolute Gasteiger partial charge is 0.338 e. The number of aromatic nitrogens is 1. The first-order valence-corrected chi connectivity index (χ1v) is 12.7. The van der Waals surface area contributed by atoms with E-state index in [2.05, 4.69) is 27.5 Å². The minimum Gasteiger partial charge on any atom is -0.489 e. The maximum atomic E-state index is 13.8. The van der Waals surface area contributed by atoms with Crippen LogP contribution >= 0.6 is 27.3 Å². The SMILES string of the molecule is C=CCOc1ccc(Br)cc1/C=c1\sc2n(c1=O)[C@H](c1ccc(C)cc1)C(C(=O)OCC)=C(C)N=2. The lowest BCUT2D eigenvalue weighted by Crippen LogP contribution is -2.39. The van der Waals surface area contributed by atoms with Gasteiger partial charge in [-0.2, -0.15) is 0 Å². The van der Waals surface area contributed by atoms with Crippen LogP contribution in [-0.2, 0) is 9.53 Å². The van der Waals surface area contributed by atoms with E-state index < -0.39 is 12.0 Å². The second-order valence-electron chi connectivity index (χ2n) is 7.99. The minimum absolute atomic E-state index is 0.233. The van der Waals surface area contributed by atoms with E-state index in [1.54, 1.807) is 30.6 Å². The van der Waals surface area contributed by atoms with Crippen LogP contribution in [0.2, 0.25) is 0 Å². The maximum absolute atomic E-state index is 13.8. The summed E-state index contributed by atoms with van der Waals surface area (Å²) >= 11 is 4.77. The van der Waals surface area contributed by atoms with E-state index in [1.165, 1.54) is 11.3 Å². The Balaban J connectivity index is 1.94. The number of allylic oxidation sites excluding steroid dienone is 1. The third-order valence-electron chi connectivity index (χ3n) is 5.53. The Bertz CT molecular complexity index is 1500. The average Bonchev–Trinajstić information content (AvgIpc) is 3.12. The molecule has 0 bridgehead atoms. The molecule has 35 heavy (non-hydrogen) atoms. The number of benzene rings is 2. The van der Waals surface area contributed by atoms with Crippen LogP contribution in [0.25, 0.3) is 6.08 Å². The van der Waals surface area contributed by atoms with Crippen LogP contribution < -0.4 is 19.6 Å². The molecule has 2 aromatic carbocycles. The summed E-state index contributed by atoms with van der Waals surface area (Å²) in [6, 6.07) is 12.8. The maximum Gasteiger partial charge on any atom is 0.338 e.